The van der Waals surface area contributed by atoms with Crippen LogP contribution in [0.5, 0.6) is 5.75 Å². The number of aromatic nitrogens is 1. The highest BCUT2D eigenvalue weighted by Crippen LogP contribution is 2.14. The van der Waals surface area contributed by atoms with Crippen molar-refractivity contribution >= 4 is 5.82 Å². The van der Waals surface area contributed by atoms with Crippen LogP contribution >= 0.6 is 0 Å². The highest BCUT2D eigenvalue weighted by Gasteiger charge is 2.02. The normalized spacial score (nSPS) is 10.3. The van der Waals surface area contributed by atoms with Crippen LogP contribution in [-0.2, 0) is 13.2 Å². The summed E-state index contributed by atoms with van der Waals surface area (Å²) in [6.45, 7) is 0.308. The molecule has 19 heavy (non-hydrogen) atoms. The van der Waals surface area contributed by atoms with Gasteiger partial charge >= 0.3 is 0 Å². The SMILES string of the molecule is COc1ccc(CNc2cc(CO)cc(F)n2)cc1. The fourth-order valence-corrected chi connectivity index (χ4v) is 1.67. The maximum Gasteiger partial charge on any atom is 0.215 e. The van der Waals surface area contributed by atoms with Gasteiger partial charge < -0.3 is 15.2 Å². The number of hydrogen-bond acceptors (Lipinski definition) is 4. The smallest absolute Gasteiger partial charge is 0.215 e. The molecular formula is C14H15FN2O2. The molecule has 0 atom stereocenters. The molecule has 0 unspecified atom stereocenters. The number of ether oxygens (including phenoxy) is 1. The molecular weight excluding hydrogens is 247 g/mol. The van der Waals surface area contributed by atoms with Gasteiger partial charge in [0, 0.05) is 6.54 Å². The Morgan fingerprint density at radius 3 is 2.58 bits per heavy atom. The number of pyridine rings is 1. The number of hydrogen-bond donors (Lipinski definition) is 2. The summed E-state index contributed by atoms with van der Waals surface area (Å²) >= 11 is 0. The van der Waals surface area contributed by atoms with Gasteiger partial charge in [-0.1, -0.05) is 12.1 Å². The zero-order valence-electron chi connectivity index (χ0n) is 10.6. The summed E-state index contributed by atoms with van der Waals surface area (Å²) < 4.78 is 18.2. The standard InChI is InChI=1S/C14H15FN2O2/c1-19-12-4-2-10(3-5-12)8-16-14-7-11(9-18)6-13(15)17-14/h2-7,18H,8-9H2,1H3,(H,16,17). The zero-order chi connectivity index (χ0) is 13.7. The second-order valence-corrected chi connectivity index (χ2v) is 4.04. The molecule has 4 nitrogen and oxygen atoms in total. The minimum absolute atomic E-state index is 0.212. The van der Waals surface area contributed by atoms with Crippen molar-refractivity contribution < 1.29 is 14.2 Å². The molecule has 0 aliphatic carbocycles. The molecule has 0 saturated carbocycles. The number of rotatable bonds is 5. The van der Waals surface area contributed by atoms with Crippen molar-refractivity contribution in [3.63, 3.8) is 0 Å². The third-order valence-electron chi connectivity index (χ3n) is 2.67. The number of halogens is 1. The predicted molar refractivity (Wildman–Crippen MR) is 70.4 cm³/mol. The van der Waals surface area contributed by atoms with Crippen molar-refractivity contribution in [1.82, 2.24) is 4.98 Å². The monoisotopic (exact) mass is 262 g/mol. The highest BCUT2D eigenvalue weighted by molar-refractivity contribution is 5.39. The Morgan fingerprint density at radius 1 is 1.21 bits per heavy atom. The Hall–Kier alpha value is -2.14. The van der Waals surface area contributed by atoms with E-state index < -0.39 is 5.95 Å². The number of anilines is 1. The maximum absolute atomic E-state index is 13.2. The van der Waals surface area contributed by atoms with Gasteiger partial charge in [0.1, 0.15) is 11.6 Å². The predicted octanol–water partition coefficient (Wildman–Crippen LogP) is 2.33. The third kappa shape index (κ3) is 3.66. The molecule has 0 spiro atoms. The molecule has 0 aliphatic heterocycles. The Balaban J connectivity index is 2.03. The second kappa shape index (κ2) is 6.15. The van der Waals surface area contributed by atoms with Crippen LogP contribution in [0, 0.1) is 5.95 Å². The molecule has 0 aliphatic rings. The first-order valence-corrected chi connectivity index (χ1v) is 5.85. The van der Waals surface area contributed by atoms with E-state index in [4.69, 9.17) is 9.84 Å². The summed E-state index contributed by atoms with van der Waals surface area (Å²) in [7, 11) is 1.61. The van der Waals surface area contributed by atoms with E-state index in [1.165, 1.54) is 6.07 Å². The zero-order valence-corrected chi connectivity index (χ0v) is 10.6. The Morgan fingerprint density at radius 2 is 1.95 bits per heavy atom. The van der Waals surface area contributed by atoms with Crippen LogP contribution in [0.25, 0.3) is 0 Å². The molecule has 2 aromatic rings. The Kier molecular flexibility index (Phi) is 4.30. The topological polar surface area (TPSA) is 54.4 Å². The van der Waals surface area contributed by atoms with Gasteiger partial charge in [-0.3, -0.25) is 0 Å². The Bertz CT molecular complexity index is 544. The lowest BCUT2D eigenvalue weighted by molar-refractivity contribution is 0.281. The first-order valence-electron chi connectivity index (χ1n) is 5.85. The lowest BCUT2D eigenvalue weighted by Crippen LogP contribution is -2.03. The summed E-state index contributed by atoms with van der Waals surface area (Å²) in [5.74, 6) is 0.582. The molecule has 2 N–H and O–H groups in total. The first-order chi connectivity index (χ1) is 9.21. The molecule has 0 fully saturated rings. The lowest BCUT2D eigenvalue weighted by Gasteiger charge is -2.08. The largest absolute Gasteiger partial charge is 0.497 e. The maximum atomic E-state index is 13.2. The van der Waals surface area contributed by atoms with Gasteiger partial charge in [0.15, 0.2) is 0 Å². The molecule has 1 heterocycles. The summed E-state index contributed by atoms with van der Waals surface area (Å²) in [6, 6.07) is 10.4. The van der Waals surface area contributed by atoms with E-state index in [0.717, 1.165) is 11.3 Å². The third-order valence-corrected chi connectivity index (χ3v) is 2.67. The molecule has 100 valence electrons. The van der Waals surface area contributed by atoms with E-state index in [1.807, 2.05) is 24.3 Å². The minimum Gasteiger partial charge on any atom is -0.497 e. The van der Waals surface area contributed by atoms with Gasteiger partial charge in [-0.15, -0.1) is 0 Å². The van der Waals surface area contributed by atoms with E-state index >= 15 is 0 Å². The van der Waals surface area contributed by atoms with Gasteiger partial charge in [-0.25, -0.2) is 4.98 Å². The molecule has 0 bridgehead atoms. The number of nitrogens with zero attached hydrogens (tertiary/aromatic N) is 1. The first kappa shape index (κ1) is 13.3. The molecule has 2 rings (SSSR count). The summed E-state index contributed by atoms with van der Waals surface area (Å²) in [5.41, 5.74) is 1.52. The molecule has 1 aromatic heterocycles. The van der Waals surface area contributed by atoms with Crippen molar-refractivity contribution in [1.29, 1.82) is 0 Å². The van der Waals surface area contributed by atoms with Crippen molar-refractivity contribution in [2.24, 2.45) is 0 Å². The average molecular weight is 262 g/mol. The number of nitrogens with one attached hydrogen (secondary N) is 1. The van der Waals surface area contributed by atoms with Crippen LogP contribution in [0.3, 0.4) is 0 Å². The second-order valence-electron chi connectivity index (χ2n) is 4.04. The average Bonchev–Trinajstić information content (AvgIpc) is 2.45. The highest BCUT2D eigenvalue weighted by atomic mass is 19.1. The molecule has 0 amide bonds. The fourth-order valence-electron chi connectivity index (χ4n) is 1.67. The summed E-state index contributed by atoms with van der Waals surface area (Å²) in [4.78, 5) is 3.72. The van der Waals surface area contributed by atoms with Gasteiger partial charge in [0.2, 0.25) is 5.95 Å². The van der Waals surface area contributed by atoms with E-state index in [2.05, 4.69) is 10.3 Å². The molecule has 0 saturated heterocycles. The molecule has 5 heteroatoms. The summed E-state index contributed by atoms with van der Waals surface area (Å²) in [5, 5.41) is 12.0. The van der Waals surface area contributed by atoms with Crippen molar-refractivity contribution in [3.05, 3.63) is 53.5 Å². The van der Waals surface area contributed by atoms with Crippen LogP contribution in [0.1, 0.15) is 11.1 Å². The number of benzene rings is 1. The van der Waals surface area contributed by atoms with Crippen LogP contribution in [0.4, 0.5) is 10.2 Å². The van der Waals surface area contributed by atoms with Crippen molar-refractivity contribution in [2.45, 2.75) is 13.2 Å². The Labute approximate surface area is 110 Å². The number of aliphatic hydroxyl groups is 1. The van der Waals surface area contributed by atoms with Gasteiger partial charge in [-0.2, -0.15) is 4.39 Å². The van der Waals surface area contributed by atoms with Gasteiger partial charge in [-0.05, 0) is 35.4 Å². The van der Waals surface area contributed by atoms with Crippen LogP contribution in [0.2, 0.25) is 0 Å². The van der Waals surface area contributed by atoms with Crippen LogP contribution in [0.15, 0.2) is 36.4 Å². The fraction of sp³-hybridized carbons (Fsp3) is 0.214. The van der Waals surface area contributed by atoms with Crippen molar-refractivity contribution in [3.8, 4) is 5.75 Å². The van der Waals surface area contributed by atoms with E-state index in [0.29, 0.717) is 17.9 Å². The minimum atomic E-state index is -0.608. The van der Waals surface area contributed by atoms with E-state index in [9.17, 15) is 4.39 Å². The lowest BCUT2D eigenvalue weighted by atomic mass is 10.2. The van der Waals surface area contributed by atoms with Crippen LogP contribution in [-0.4, -0.2) is 17.2 Å². The summed E-state index contributed by atoms with van der Waals surface area (Å²) in [6.07, 6.45) is 0. The van der Waals surface area contributed by atoms with Crippen LogP contribution < -0.4 is 10.1 Å². The van der Waals surface area contributed by atoms with Crippen molar-refractivity contribution in [2.75, 3.05) is 12.4 Å². The van der Waals surface area contributed by atoms with Gasteiger partial charge in [0.05, 0.1) is 13.7 Å². The van der Waals surface area contributed by atoms with Gasteiger partial charge in [0.25, 0.3) is 0 Å². The number of methoxy groups -OCH3 is 1. The number of aliphatic hydroxyl groups excluding tert-OH is 1. The quantitative estimate of drug-likeness (QED) is 0.812. The van der Waals surface area contributed by atoms with E-state index in [-0.39, 0.29) is 6.61 Å². The van der Waals surface area contributed by atoms with E-state index in [1.54, 1.807) is 13.2 Å². The molecule has 0 radical (unpaired) electrons. The molecule has 1 aromatic carbocycles.